The predicted octanol–water partition coefficient (Wildman–Crippen LogP) is 1.74. The first-order valence-corrected chi connectivity index (χ1v) is 6.05. The highest BCUT2D eigenvalue weighted by atomic mass is 16.5. The average Bonchev–Trinajstić information content (AvgIpc) is 2.38. The van der Waals surface area contributed by atoms with Crippen molar-refractivity contribution in [3.05, 3.63) is 29.8 Å². The van der Waals surface area contributed by atoms with Crippen LogP contribution in [0.2, 0.25) is 0 Å². The van der Waals surface area contributed by atoms with Gasteiger partial charge in [-0.1, -0.05) is 12.1 Å². The SMILES string of the molecule is COc1cccc(C23COCC(CO)(C2)C3)c1. The molecule has 4 rings (SSSR count). The smallest absolute Gasteiger partial charge is 0.119 e. The minimum absolute atomic E-state index is 0.0152. The van der Waals surface area contributed by atoms with Crippen LogP contribution < -0.4 is 4.74 Å². The Morgan fingerprint density at radius 3 is 2.88 bits per heavy atom. The Kier molecular flexibility index (Phi) is 2.42. The second-order valence-electron chi connectivity index (χ2n) is 5.52. The Hall–Kier alpha value is -1.06. The molecule has 0 radical (unpaired) electrons. The monoisotopic (exact) mass is 234 g/mol. The maximum atomic E-state index is 9.45. The van der Waals surface area contributed by atoms with E-state index in [1.807, 2.05) is 12.1 Å². The van der Waals surface area contributed by atoms with Gasteiger partial charge in [-0.15, -0.1) is 0 Å². The molecular weight excluding hydrogens is 216 g/mol. The molecule has 3 heteroatoms. The lowest BCUT2D eigenvalue weighted by Gasteiger charge is -2.59. The van der Waals surface area contributed by atoms with Crippen LogP contribution in [0.1, 0.15) is 18.4 Å². The molecule has 0 atom stereocenters. The molecule has 2 bridgehead atoms. The van der Waals surface area contributed by atoms with Gasteiger partial charge in [0.25, 0.3) is 0 Å². The number of aliphatic hydroxyl groups is 1. The molecule has 1 N–H and O–H groups in total. The fourth-order valence-electron chi connectivity index (χ4n) is 3.45. The van der Waals surface area contributed by atoms with Gasteiger partial charge in [-0.3, -0.25) is 0 Å². The Morgan fingerprint density at radius 2 is 2.18 bits per heavy atom. The van der Waals surface area contributed by atoms with Crippen molar-refractivity contribution in [2.24, 2.45) is 5.41 Å². The number of aliphatic hydroxyl groups excluding tert-OH is 1. The molecule has 0 amide bonds. The molecule has 2 saturated heterocycles. The van der Waals surface area contributed by atoms with Crippen molar-refractivity contribution < 1.29 is 14.6 Å². The van der Waals surface area contributed by atoms with E-state index in [1.165, 1.54) is 5.56 Å². The highest BCUT2D eigenvalue weighted by Gasteiger charge is 2.58. The minimum atomic E-state index is 0.0152. The van der Waals surface area contributed by atoms with Gasteiger partial charge in [0.1, 0.15) is 5.75 Å². The first-order valence-electron chi connectivity index (χ1n) is 6.05. The molecule has 2 aliphatic heterocycles. The summed E-state index contributed by atoms with van der Waals surface area (Å²) in [7, 11) is 1.69. The van der Waals surface area contributed by atoms with Crippen LogP contribution in [-0.2, 0) is 10.2 Å². The Balaban J connectivity index is 1.89. The summed E-state index contributed by atoms with van der Waals surface area (Å²) >= 11 is 0. The van der Waals surface area contributed by atoms with Crippen LogP contribution in [0.5, 0.6) is 5.75 Å². The summed E-state index contributed by atoms with van der Waals surface area (Å²) in [6, 6.07) is 8.22. The van der Waals surface area contributed by atoms with Crippen molar-refractivity contribution in [3.63, 3.8) is 0 Å². The average molecular weight is 234 g/mol. The quantitative estimate of drug-likeness (QED) is 0.865. The van der Waals surface area contributed by atoms with Gasteiger partial charge in [0.2, 0.25) is 0 Å². The van der Waals surface area contributed by atoms with Crippen LogP contribution in [-0.4, -0.2) is 32.0 Å². The predicted molar refractivity (Wildman–Crippen MR) is 64.2 cm³/mol. The van der Waals surface area contributed by atoms with E-state index in [0.717, 1.165) is 25.2 Å². The van der Waals surface area contributed by atoms with E-state index in [0.29, 0.717) is 6.61 Å². The van der Waals surface area contributed by atoms with E-state index in [4.69, 9.17) is 9.47 Å². The van der Waals surface area contributed by atoms with Gasteiger partial charge in [-0.05, 0) is 30.5 Å². The molecule has 92 valence electrons. The highest BCUT2D eigenvalue weighted by molar-refractivity contribution is 5.38. The molecule has 0 spiro atoms. The van der Waals surface area contributed by atoms with Crippen LogP contribution in [0.15, 0.2) is 24.3 Å². The van der Waals surface area contributed by atoms with Crippen molar-refractivity contribution in [2.75, 3.05) is 26.9 Å². The maximum Gasteiger partial charge on any atom is 0.119 e. The Bertz CT molecular complexity index is 421. The van der Waals surface area contributed by atoms with E-state index in [-0.39, 0.29) is 17.4 Å². The normalized spacial score (nSPS) is 35.2. The summed E-state index contributed by atoms with van der Waals surface area (Å²) < 4.78 is 10.9. The number of hydrogen-bond acceptors (Lipinski definition) is 3. The number of ether oxygens (including phenoxy) is 2. The third-order valence-corrected chi connectivity index (χ3v) is 4.23. The van der Waals surface area contributed by atoms with E-state index in [1.54, 1.807) is 7.11 Å². The zero-order chi connectivity index (χ0) is 11.9. The van der Waals surface area contributed by atoms with E-state index in [9.17, 15) is 5.11 Å². The van der Waals surface area contributed by atoms with Gasteiger partial charge in [0.05, 0.1) is 26.9 Å². The third-order valence-electron chi connectivity index (χ3n) is 4.23. The second-order valence-corrected chi connectivity index (χ2v) is 5.52. The molecule has 0 aromatic heterocycles. The van der Waals surface area contributed by atoms with Gasteiger partial charge in [-0.25, -0.2) is 0 Å². The molecule has 1 aromatic rings. The first kappa shape index (κ1) is 11.1. The molecule has 1 aromatic carbocycles. The summed E-state index contributed by atoms with van der Waals surface area (Å²) in [6.45, 7) is 1.70. The van der Waals surface area contributed by atoms with Gasteiger partial charge >= 0.3 is 0 Å². The summed E-state index contributed by atoms with van der Waals surface area (Å²) in [5, 5.41) is 9.45. The van der Waals surface area contributed by atoms with Gasteiger partial charge in [0.15, 0.2) is 0 Å². The van der Waals surface area contributed by atoms with Crippen LogP contribution in [0.4, 0.5) is 0 Å². The van der Waals surface area contributed by atoms with Crippen LogP contribution in [0, 0.1) is 5.41 Å². The minimum Gasteiger partial charge on any atom is -0.497 e. The summed E-state index contributed by atoms with van der Waals surface area (Å²) in [4.78, 5) is 0. The number of methoxy groups -OCH3 is 1. The number of rotatable bonds is 3. The van der Waals surface area contributed by atoms with Crippen molar-refractivity contribution in [2.45, 2.75) is 18.3 Å². The fraction of sp³-hybridized carbons (Fsp3) is 0.571. The topological polar surface area (TPSA) is 38.7 Å². The second kappa shape index (κ2) is 3.72. The van der Waals surface area contributed by atoms with Crippen molar-refractivity contribution in [3.8, 4) is 5.75 Å². The van der Waals surface area contributed by atoms with E-state index in [2.05, 4.69) is 12.1 Å². The number of benzene rings is 1. The summed E-state index contributed by atoms with van der Waals surface area (Å²) in [6.07, 6.45) is 2.06. The van der Waals surface area contributed by atoms with Crippen LogP contribution in [0.3, 0.4) is 0 Å². The largest absolute Gasteiger partial charge is 0.497 e. The third kappa shape index (κ3) is 1.57. The maximum absolute atomic E-state index is 9.45. The zero-order valence-corrected chi connectivity index (χ0v) is 10.1. The van der Waals surface area contributed by atoms with Crippen LogP contribution >= 0.6 is 0 Å². The number of fused-ring (bicyclic) bond motifs is 2. The molecule has 17 heavy (non-hydrogen) atoms. The number of hydrogen-bond donors (Lipinski definition) is 1. The highest BCUT2D eigenvalue weighted by Crippen LogP contribution is 2.59. The molecular formula is C14H18O3. The van der Waals surface area contributed by atoms with E-state index < -0.39 is 0 Å². The van der Waals surface area contributed by atoms with E-state index >= 15 is 0 Å². The molecule has 3 aliphatic rings. The summed E-state index contributed by atoms with van der Waals surface area (Å²) in [5.74, 6) is 0.893. The lowest BCUT2D eigenvalue weighted by molar-refractivity contribution is -0.170. The lowest BCUT2D eigenvalue weighted by Crippen LogP contribution is -2.60. The zero-order valence-electron chi connectivity index (χ0n) is 10.1. The lowest BCUT2D eigenvalue weighted by atomic mass is 9.50. The summed E-state index contributed by atoms with van der Waals surface area (Å²) in [5.41, 5.74) is 1.40. The molecule has 3 nitrogen and oxygen atoms in total. The van der Waals surface area contributed by atoms with Crippen LogP contribution in [0.25, 0.3) is 0 Å². The van der Waals surface area contributed by atoms with Gasteiger partial charge < -0.3 is 14.6 Å². The standard InChI is InChI=1S/C14H18O3/c1-16-12-4-2-3-11(5-12)14-6-13(7-14,8-15)9-17-10-14/h2-5,15H,6-10H2,1H3. The van der Waals surface area contributed by atoms with Gasteiger partial charge in [-0.2, -0.15) is 0 Å². The molecule has 3 fully saturated rings. The van der Waals surface area contributed by atoms with Gasteiger partial charge in [0, 0.05) is 10.8 Å². The van der Waals surface area contributed by atoms with Crippen molar-refractivity contribution in [1.82, 2.24) is 0 Å². The Morgan fingerprint density at radius 1 is 1.35 bits per heavy atom. The molecule has 2 heterocycles. The Labute approximate surface area is 101 Å². The first-order chi connectivity index (χ1) is 8.22. The fourth-order valence-corrected chi connectivity index (χ4v) is 3.45. The van der Waals surface area contributed by atoms with Crippen molar-refractivity contribution in [1.29, 1.82) is 0 Å². The molecule has 0 unspecified atom stereocenters. The molecule has 1 saturated carbocycles. The molecule has 1 aliphatic carbocycles. The van der Waals surface area contributed by atoms with Crippen molar-refractivity contribution >= 4 is 0 Å².